The molecule has 0 aliphatic rings. The molecule has 0 N–H and O–H groups in total. The average molecular weight is 269 g/mol. The fourth-order valence-electron chi connectivity index (χ4n) is 2.06. The topological polar surface area (TPSA) is 60.2 Å². The summed E-state index contributed by atoms with van der Waals surface area (Å²) in [5, 5.41) is 11.0. The molecule has 102 valence electrons. The number of carbonyl (C=O) groups excluding carboxylic acids is 1. The number of hydrogen-bond donors (Lipinski definition) is 0. The molecule has 0 bridgehead atoms. The van der Waals surface area contributed by atoms with E-state index in [2.05, 4.69) is 13.8 Å². The normalized spacial score (nSPS) is 10.6. The third-order valence-electron chi connectivity index (χ3n) is 3.24. The van der Waals surface area contributed by atoms with Gasteiger partial charge >= 0.3 is 0 Å². The van der Waals surface area contributed by atoms with Crippen LogP contribution in [0, 0.1) is 10.1 Å². The van der Waals surface area contributed by atoms with E-state index in [0.29, 0.717) is 12.2 Å². The Labute approximate surface area is 117 Å². The molecule has 2 rings (SSSR count). The van der Waals surface area contributed by atoms with E-state index in [0.717, 1.165) is 11.1 Å². The van der Waals surface area contributed by atoms with Gasteiger partial charge in [-0.2, -0.15) is 0 Å². The second kappa shape index (κ2) is 5.65. The Morgan fingerprint density at radius 3 is 2.40 bits per heavy atom. The molecule has 0 fully saturated rings. The molecule has 2 aromatic rings. The van der Waals surface area contributed by atoms with Crippen molar-refractivity contribution in [3.63, 3.8) is 0 Å². The highest BCUT2D eigenvalue weighted by atomic mass is 16.6. The van der Waals surface area contributed by atoms with Gasteiger partial charge in [0.25, 0.3) is 5.69 Å². The van der Waals surface area contributed by atoms with Crippen molar-refractivity contribution in [3.8, 4) is 11.1 Å². The van der Waals surface area contributed by atoms with Gasteiger partial charge in [0.05, 0.1) is 10.5 Å². The first-order chi connectivity index (χ1) is 9.52. The van der Waals surface area contributed by atoms with Crippen LogP contribution in [0.4, 0.5) is 5.69 Å². The average Bonchev–Trinajstić information content (AvgIpc) is 2.46. The predicted octanol–water partition coefficient (Wildman–Crippen LogP) is 4.20. The van der Waals surface area contributed by atoms with Crippen LogP contribution in [0.15, 0.2) is 42.5 Å². The zero-order valence-electron chi connectivity index (χ0n) is 11.4. The maximum Gasteiger partial charge on any atom is 0.280 e. The Morgan fingerprint density at radius 2 is 1.80 bits per heavy atom. The molecule has 0 spiro atoms. The molecule has 0 aliphatic heterocycles. The highest BCUT2D eigenvalue weighted by molar-refractivity contribution is 5.84. The summed E-state index contributed by atoms with van der Waals surface area (Å²) in [6.07, 6.45) is 0.506. The molecule has 0 aliphatic carbocycles. The standard InChI is InChI=1S/C16H15NO3/c1-11(2)12-4-3-5-13(8-12)14-6-7-15(10-18)16(9-14)17(19)20/h3-11H,1-2H3. The molecule has 4 heteroatoms. The fraction of sp³-hybridized carbons (Fsp3) is 0.188. The molecular weight excluding hydrogens is 254 g/mol. The SMILES string of the molecule is CC(C)c1cccc(-c2ccc(C=O)c([N+](=O)[O-])c2)c1. The first kappa shape index (κ1) is 13.9. The van der Waals surface area contributed by atoms with Gasteiger partial charge in [0.1, 0.15) is 0 Å². The maximum atomic E-state index is 11.0. The van der Waals surface area contributed by atoms with Crippen molar-refractivity contribution in [2.75, 3.05) is 0 Å². The fourth-order valence-corrected chi connectivity index (χ4v) is 2.06. The third-order valence-corrected chi connectivity index (χ3v) is 3.24. The Bertz CT molecular complexity index is 663. The van der Waals surface area contributed by atoms with Crippen molar-refractivity contribution in [1.29, 1.82) is 0 Å². The van der Waals surface area contributed by atoms with Gasteiger partial charge in [0, 0.05) is 6.07 Å². The highest BCUT2D eigenvalue weighted by Crippen LogP contribution is 2.28. The molecule has 0 aromatic heterocycles. The van der Waals surface area contributed by atoms with Gasteiger partial charge in [-0.1, -0.05) is 44.2 Å². The van der Waals surface area contributed by atoms with Gasteiger partial charge in [-0.25, -0.2) is 0 Å². The largest absolute Gasteiger partial charge is 0.298 e. The summed E-state index contributed by atoms with van der Waals surface area (Å²) in [7, 11) is 0. The van der Waals surface area contributed by atoms with Gasteiger partial charge in [-0.05, 0) is 28.7 Å². The lowest BCUT2D eigenvalue weighted by molar-refractivity contribution is -0.385. The van der Waals surface area contributed by atoms with E-state index < -0.39 is 4.92 Å². The summed E-state index contributed by atoms with van der Waals surface area (Å²) in [4.78, 5) is 21.3. The van der Waals surface area contributed by atoms with Crippen LogP contribution in [0.3, 0.4) is 0 Å². The van der Waals surface area contributed by atoms with Crippen molar-refractivity contribution in [1.82, 2.24) is 0 Å². The van der Waals surface area contributed by atoms with Crippen molar-refractivity contribution >= 4 is 12.0 Å². The van der Waals surface area contributed by atoms with Crippen LogP contribution >= 0.6 is 0 Å². The number of nitro groups is 1. The van der Waals surface area contributed by atoms with E-state index in [9.17, 15) is 14.9 Å². The number of aldehydes is 1. The number of nitrogens with zero attached hydrogens (tertiary/aromatic N) is 1. The number of carbonyl (C=O) groups is 1. The van der Waals surface area contributed by atoms with Crippen molar-refractivity contribution in [3.05, 3.63) is 63.7 Å². The molecule has 0 heterocycles. The molecule has 0 saturated heterocycles. The van der Waals surface area contributed by atoms with Gasteiger partial charge < -0.3 is 0 Å². The summed E-state index contributed by atoms with van der Waals surface area (Å²) in [5.74, 6) is 0.388. The van der Waals surface area contributed by atoms with Crippen molar-refractivity contribution in [2.45, 2.75) is 19.8 Å². The summed E-state index contributed by atoms with van der Waals surface area (Å²) >= 11 is 0. The molecule has 0 radical (unpaired) electrons. The van der Waals surface area contributed by atoms with E-state index in [1.807, 2.05) is 24.3 Å². The zero-order chi connectivity index (χ0) is 14.7. The lowest BCUT2D eigenvalue weighted by atomic mass is 9.96. The second-order valence-corrected chi connectivity index (χ2v) is 4.93. The Kier molecular flexibility index (Phi) is 3.94. The Morgan fingerprint density at radius 1 is 1.10 bits per heavy atom. The quantitative estimate of drug-likeness (QED) is 0.475. The molecule has 0 unspecified atom stereocenters. The van der Waals surface area contributed by atoms with E-state index in [-0.39, 0.29) is 11.3 Å². The maximum absolute atomic E-state index is 11.0. The molecule has 0 saturated carbocycles. The van der Waals surface area contributed by atoms with Crippen LogP contribution in [-0.4, -0.2) is 11.2 Å². The van der Waals surface area contributed by atoms with E-state index in [1.165, 1.54) is 17.7 Å². The minimum absolute atomic E-state index is 0.0961. The highest BCUT2D eigenvalue weighted by Gasteiger charge is 2.14. The number of hydrogen-bond acceptors (Lipinski definition) is 3. The van der Waals surface area contributed by atoms with E-state index in [4.69, 9.17) is 0 Å². The zero-order valence-corrected chi connectivity index (χ0v) is 11.4. The van der Waals surface area contributed by atoms with Crippen LogP contribution in [0.5, 0.6) is 0 Å². The van der Waals surface area contributed by atoms with Gasteiger partial charge in [0.2, 0.25) is 0 Å². The van der Waals surface area contributed by atoms with Crippen LogP contribution < -0.4 is 0 Å². The minimum Gasteiger partial charge on any atom is -0.298 e. The molecule has 20 heavy (non-hydrogen) atoms. The van der Waals surface area contributed by atoms with Gasteiger partial charge in [0.15, 0.2) is 6.29 Å². The number of rotatable bonds is 4. The Hall–Kier alpha value is -2.49. The number of nitro benzene ring substituents is 1. The van der Waals surface area contributed by atoms with Gasteiger partial charge in [-0.15, -0.1) is 0 Å². The molecular formula is C16H15NO3. The first-order valence-electron chi connectivity index (χ1n) is 6.37. The van der Waals surface area contributed by atoms with Gasteiger partial charge in [-0.3, -0.25) is 14.9 Å². The van der Waals surface area contributed by atoms with Crippen LogP contribution in [0.25, 0.3) is 11.1 Å². The lowest BCUT2D eigenvalue weighted by Gasteiger charge is -2.08. The van der Waals surface area contributed by atoms with Crippen LogP contribution in [-0.2, 0) is 0 Å². The molecule has 0 amide bonds. The molecule has 2 aromatic carbocycles. The van der Waals surface area contributed by atoms with E-state index in [1.54, 1.807) is 6.07 Å². The summed E-state index contributed by atoms with van der Waals surface area (Å²) in [6, 6.07) is 12.6. The monoisotopic (exact) mass is 269 g/mol. The second-order valence-electron chi connectivity index (χ2n) is 4.93. The van der Waals surface area contributed by atoms with Crippen LogP contribution in [0.1, 0.15) is 35.7 Å². The first-order valence-corrected chi connectivity index (χ1v) is 6.37. The summed E-state index contributed by atoms with van der Waals surface area (Å²) in [5.41, 5.74) is 2.76. The lowest BCUT2D eigenvalue weighted by Crippen LogP contribution is -1.95. The predicted molar refractivity (Wildman–Crippen MR) is 78.0 cm³/mol. The summed E-state index contributed by atoms with van der Waals surface area (Å²) < 4.78 is 0. The van der Waals surface area contributed by atoms with E-state index >= 15 is 0 Å². The summed E-state index contributed by atoms with van der Waals surface area (Å²) in [6.45, 7) is 4.19. The van der Waals surface area contributed by atoms with Crippen LogP contribution in [0.2, 0.25) is 0 Å². The minimum atomic E-state index is -0.528. The molecule has 4 nitrogen and oxygen atoms in total. The Balaban J connectivity index is 2.53. The smallest absolute Gasteiger partial charge is 0.280 e. The number of benzene rings is 2. The molecule has 0 atom stereocenters. The van der Waals surface area contributed by atoms with Crippen molar-refractivity contribution < 1.29 is 9.72 Å². The van der Waals surface area contributed by atoms with Crippen molar-refractivity contribution in [2.24, 2.45) is 0 Å². The third kappa shape index (κ3) is 2.74.